The number of hydrogen-bond donors (Lipinski definition) is 1. The Hall–Kier alpha value is -1.27. The molecule has 1 rings (SSSR count). The van der Waals surface area contributed by atoms with Crippen LogP contribution in [0.1, 0.15) is 12.6 Å². The molecule has 1 atom stereocenters. The van der Waals surface area contributed by atoms with Crippen LogP contribution in [0.25, 0.3) is 0 Å². The molecule has 6 heteroatoms. The number of rotatable bonds is 7. The molecule has 1 N–H and O–H groups in total. The Morgan fingerprint density at radius 3 is 2.76 bits per heavy atom. The molecular weight excluding hydrogens is 225 g/mol. The summed E-state index contributed by atoms with van der Waals surface area (Å²) in [5, 5.41) is 2.89. The molecule has 0 saturated carbocycles. The molecule has 1 unspecified atom stereocenters. The Balaban J connectivity index is 2.62. The molecule has 0 aromatic carbocycles. The van der Waals surface area contributed by atoms with Gasteiger partial charge < -0.3 is 14.8 Å². The summed E-state index contributed by atoms with van der Waals surface area (Å²) in [5.41, 5.74) is 0.406. The van der Waals surface area contributed by atoms with E-state index in [1.165, 1.54) is 6.33 Å². The lowest BCUT2D eigenvalue weighted by molar-refractivity contribution is 0.0365. The number of anilines is 1. The summed E-state index contributed by atoms with van der Waals surface area (Å²) in [6.45, 7) is 2.72. The van der Waals surface area contributed by atoms with Gasteiger partial charge in [0.15, 0.2) is 11.6 Å². The summed E-state index contributed by atoms with van der Waals surface area (Å²) < 4.78 is 23.9. The average molecular weight is 243 g/mol. The minimum absolute atomic E-state index is 0.139. The van der Waals surface area contributed by atoms with Crippen molar-refractivity contribution < 1.29 is 13.9 Å². The van der Waals surface area contributed by atoms with Crippen LogP contribution in [0, 0.1) is 5.82 Å². The first kappa shape index (κ1) is 13.8. The van der Waals surface area contributed by atoms with Crippen molar-refractivity contribution in [3.63, 3.8) is 0 Å². The summed E-state index contributed by atoms with van der Waals surface area (Å²) in [7, 11) is 3.17. The summed E-state index contributed by atoms with van der Waals surface area (Å²) >= 11 is 0. The first-order valence-corrected chi connectivity index (χ1v) is 5.47. The van der Waals surface area contributed by atoms with Crippen molar-refractivity contribution in [2.24, 2.45) is 0 Å². The van der Waals surface area contributed by atoms with Gasteiger partial charge in [-0.05, 0) is 6.42 Å². The van der Waals surface area contributed by atoms with E-state index in [9.17, 15) is 4.39 Å². The van der Waals surface area contributed by atoms with E-state index in [4.69, 9.17) is 9.47 Å². The van der Waals surface area contributed by atoms with E-state index in [-0.39, 0.29) is 11.9 Å². The Kier molecular flexibility index (Phi) is 5.79. The van der Waals surface area contributed by atoms with Crippen molar-refractivity contribution in [2.75, 3.05) is 32.7 Å². The molecular formula is C11H18FN3O2. The van der Waals surface area contributed by atoms with Crippen LogP contribution >= 0.6 is 0 Å². The van der Waals surface area contributed by atoms with Crippen molar-refractivity contribution in [3.05, 3.63) is 17.8 Å². The Labute approximate surface area is 100 Å². The zero-order valence-corrected chi connectivity index (χ0v) is 10.4. The van der Waals surface area contributed by atoms with Crippen LogP contribution in [0.2, 0.25) is 0 Å². The molecule has 17 heavy (non-hydrogen) atoms. The van der Waals surface area contributed by atoms with Gasteiger partial charge in [-0.2, -0.15) is 0 Å². The number of methoxy groups -OCH3 is 2. The van der Waals surface area contributed by atoms with E-state index in [0.717, 1.165) is 0 Å². The van der Waals surface area contributed by atoms with Gasteiger partial charge in [0, 0.05) is 20.8 Å². The number of hydrogen-bond acceptors (Lipinski definition) is 5. The number of aromatic nitrogens is 2. The maximum absolute atomic E-state index is 13.8. The van der Waals surface area contributed by atoms with Crippen molar-refractivity contribution in [2.45, 2.75) is 19.4 Å². The standard InChI is InChI=1S/C11H18FN3O2/c1-4-9-10(12)11(15-7-14-9)13-5-8(17-3)6-16-2/h7-8H,4-6H2,1-3H3,(H,13,14,15). The van der Waals surface area contributed by atoms with Crippen molar-refractivity contribution in [3.8, 4) is 0 Å². The molecule has 0 aliphatic heterocycles. The van der Waals surface area contributed by atoms with E-state index in [1.807, 2.05) is 6.92 Å². The third-order valence-electron chi connectivity index (χ3n) is 2.38. The van der Waals surface area contributed by atoms with Gasteiger partial charge in [-0.15, -0.1) is 0 Å². The molecule has 1 aromatic heterocycles. The fourth-order valence-electron chi connectivity index (χ4n) is 1.38. The first-order chi connectivity index (χ1) is 8.22. The lowest BCUT2D eigenvalue weighted by Crippen LogP contribution is -2.27. The number of halogens is 1. The Morgan fingerprint density at radius 1 is 1.41 bits per heavy atom. The van der Waals surface area contributed by atoms with Gasteiger partial charge in [0.1, 0.15) is 6.33 Å². The fraction of sp³-hybridized carbons (Fsp3) is 0.636. The zero-order chi connectivity index (χ0) is 12.7. The third kappa shape index (κ3) is 3.90. The summed E-state index contributed by atoms with van der Waals surface area (Å²) in [6.07, 6.45) is 1.75. The summed E-state index contributed by atoms with van der Waals surface area (Å²) in [5.74, 6) is -0.197. The van der Waals surface area contributed by atoms with Gasteiger partial charge in [0.25, 0.3) is 0 Å². The minimum atomic E-state index is -0.401. The van der Waals surface area contributed by atoms with Gasteiger partial charge in [0.05, 0.1) is 18.4 Å². The van der Waals surface area contributed by atoms with Crippen LogP contribution in [0.5, 0.6) is 0 Å². The zero-order valence-electron chi connectivity index (χ0n) is 10.4. The molecule has 0 radical (unpaired) electrons. The lowest BCUT2D eigenvalue weighted by atomic mass is 10.3. The van der Waals surface area contributed by atoms with E-state index in [2.05, 4.69) is 15.3 Å². The molecule has 0 amide bonds. The van der Waals surface area contributed by atoms with E-state index >= 15 is 0 Å². The molecule has 0 spiro atoms. The highest BCUT2D eigenvalue weighted by Gasteiger charge is 2.12. The van der Waals surface area contributed by atoms with Crippen LogP contribution < -0.4 is 5.32 Å². The average Bonchev–Trinajstić information content (AvgIpc) is 2.36. The Bertz CT molecular complexity index is 349. The molecule has 0 saturated heterocycles. The molecule has 0 aliphatic rings. The third-order valence-corrected chi connectivity index (χ3v) is 2.38. The van der Waals surface area contributed by atoms with Gasteiger partial charge in [-0.25, -0.2) is 14.4 Å². The van der Waals surface area contributed by atoms with Gasteiger partial charge in [-0.1, -0.05) is 6.92 Å². The molecule has 1 heterocycles. The largest absolute Gasteiger partial charge is 0.382 e. The predicted octanol–water partition coefficient (Wildman–Crippen LogP) is 1.25. The van der Waals surface area contributed by atoms with Gasteiger partial charge >= 0.3 is 0 Å². The first-order valence-electron chi connectivity index (χ1n) is 5.47. The highest BCUT2D eigenvalue weighted by molar-refractivity contribution is 5.37. The quantitative estimate of drug-likeness (QED) is 0.781. The molecule has 1 aromatic rings. The van der Waals surface area contributed by atoms with Crippen molar-refractivity contribution in [1.29, 1.82) is 0 Å². The number of nitrogens with one attached hydrogen (secondary N) is 1. The van der Waals surface area contributed by atoms with E-state index in [1.54, 1.807) is 14.2 Å². The van der Waals surface area contributed by atoms with E-state index < -0.39 is 5.82 Å². The van der Waals surface area contributed by atoms with Crippen LogP contribution in [-0.4, -0.2) is 43.4 Å². The van der Waals surface area contributed by atoms with E-state index in [0.29, 0.717) is 25.3 Å². The summed E-state index contributed by atoms with van der Waals surface area (Å²) in [4.78, 5) is 7.72. The molecule has 0 fully saturated rings. The smallest absolute Gasteiger partial charge is 0.186 e. The summed E-state index contributed by atoms with van der Waals surface area (Å²) in [6, 6.07) is 0. The highest BCUT2D eigenvalue weighted by atomic mass is 19.1. The lowest BCUT2D eigenvalue weighted by Gasteiger charge is -2.15. The maximum Gasteiger partial charge on any atom is 0.186 e. The second-order valence-corrected chi connectivity index (χ2v) is 3.53. The van der Waals surface area contributed by atoms with Crippen LogP contribution in [0.15, 0.2) is 6.33 Å². The maximum atomic E-state index is 13.8. The second kappa shape index (κ2) is 7.13. The topological polar surface area (TPSA) is 56.3 Å². The van der Waals surface area contributed by atoms with Crippen LogP contribution in [0.3, 0.4) is 0 Å². The highest BCUT2D eigenvalue weighted by Crippen LogP contribution is 2.13. The van der Waals surface area contributed by atoms with Crippen molar-refractivity contribution >= 4 is 5.82 Å². The number of aryl methyl sites for hydroxylation is 1. The minimum Gasteiger partial charge on any atom is -0.382 e. The normalized spacial score (nSPS) is 12.5. The number of nitrogens with zero attached hydrogens (tertiary/aromatic N) is 2. The SMILES string of the molecule is CCc1ncnc(NCC(COC)OC)c1F. The predicted molar refractivity (Wildman–Crippen MR) is 62.5 cm³/mol. The Morgan fingerprint density at radius 2 is 2.18 bits per heavy atom. The molecule has 96 valence electrons. The fourth-order valence-corrected chi connectivity index (χ4v) is 1.38. The molecule has 5 nitrogen and oxygen atoms in total. The van der Waals surface area contributed by atoms with Gasteiger partial charge in [0.2, 0.25) is 0 Å². The van der Waals surface area contributed by atoms with Crippen LogP contribution in [-0.2, 0) is 15.9 Å². The second-order valence-electron chi connectivity index (χ2n) is 3.53. The van der Waals surface area contributed by atoms with Crippen molar-refractivity contribution in [1.82, 2.24) is 9.97 Å². The molecule has 0 aliphatic carbocycles. The monoisotopic (exact) mass is 243 g/mol. The van der Waals surface area contributed by atoms with Crippen LogP contribution in [0.4, 0.5) is 10.2 Å². The number of ether oxygens (including phenoxy) is 2. The van der Waals surface area contributed by atoms with Gasteiger partial charge in [-0.3, -0.25) is 0 Å². The molecule has 0 bridgehead atoms.